The van der Waals surface area contributed by atoms with Crippen LogP contribution in [0.3, 0.4) is 0 Å². The lowest BCUT2D eigenvalue weighted by atomic mass is 10.2. The van der Waals surface area contributed by atoms with Gasteiger partial charge in [-0.1, -0.05) is 54.1 Å². The summed E-state index contributed by atoms with van der Waals surface area (Å²) in [5, 5.41) is 2.95. The maximum Gasteiger partial charge on any atom is 0.358 e. The molecule has 0 spiro atoms. The summed E-state index contributed by atoms with van der Waals surface area (Å²) in [7, 11) is 0. The summed E-state index contributed by atoms with van der Waals surface area (Å²) in [5.41, 5.74) is 2.07. The molecule has 1 amide bonds. The van der Waals surface area contributed by atoms with Crippen LogP contribution in [0.2, 0.25) is 5.02 Å². The highest BCUT2D eigenvalue weighted by Crippen LogP contribution is 2.25. The summed E-state index contributed by atoms with van der Waals surface area (Å²) in [4.78, 5) is 30.9. The van der Waals surface area contributed by atoms with Gasteiger partial charge < -0.3 is 9.64 Å². The van der Waals surface area contributed by atoms with Gasteiger partial charge in [-0.25, -0.2) is 9.78 Å². The monoisotopic (exact) mass is 428 g/mol. The molecule has 0 aliphatic rings. The Labute approximate surface area is 178 Å². The van der Waals surface area contributed by atoms with Crippen LogP contribution >= 0.6 is 22.9 Å². The van der Waals surface area contributed by atoms with Gasteiger partial charge in [0.1, 0.15) is 5.01 Å². The zero-order valence-corrected chi connectivity index (χ0v) is 17.7. The van der Waals surface area contributed by atoms with Crippen molar-refractivity contribution in [2.75, 3.05) is 6.61 Å². The first kappa shape index (κ1) is 21.0. The molecule has 0 aliphatic carbocycles. The number of halogens is 1. The highest BCUT2D eigenvalue weighted by atomic mass is 35.5. The number of carbonyl (C=O) groups is 2. The molecule has 29 heavy (non-hydrogen) atoms. The first-order valence-electron chi connectivity index (χ1n) is 9.16. The predicted molar refractivity (Wildman–Crippen MR) is 115 cm³/mol. The van der Waals surface area contributed by atoms with E-state index in [0.29, 0.717) is 16.6 Å². The molecule has 7 heteroatoms. The molecule has 5 nitrogen and oxygen atoms in total. The average Bonchev–Trinajstić information content (AvgIpc) is 3.21. The van der Waals surface area contributed by atoms with Crippen molar-refractivity contribution in [3.05, 3.63) is 76.3 Å². The first-order chi connectivity index (χ1) is 13.9. The van der Waals surface area contributed by atoms with E-state index in [4.69, 9.17) is 16.3 Å². The summed E-state index contributed by atoms with van der Waals surface area (Å²) in [6.07, 6.45) is 0. The number of benzene rings is 2. The van der Waals surface area contributed by atoms with E-state index in [-0.39, 0.29) is 24.2 Å². The Morgan fingerprint density at radius 2 is 1.79 bits per heavy atom. The van der Waals surface area contributed by atoms with Gasteiger partial charge in [0.25, 0.3) is 5.91 Å². The summed E-state index contributed by atoms with van der Waals surface area (Å²) in [5.74, 6) is -0.858. The van der Waals surface area contributed by atoms with Crippen molar-refractivity contribution in [1.82, 2.24) is 9.88 Å². The maximum absolute atomic E-state index is 12.6. The first-order valence-corrected chi connectivity index (χ1v) is 10.4. The number of aromatic nitrogens is 1. The minimum atomic E-state index is -0.613. The molecule has 0 saturated heterocycles. The quantitative estimate of drug-likeness (QED) is 0.493. The SMILES string of the molecule is CC(C)N(Cc1ccccc1)C(=O)COC(=O)c1csc(-c2ccc(Cl)cc2)n1. The standard InChI is InChI=1S/C22H21ClN2O3S/c1-15(2)25(12-16-6-4-3-5-7-16)20(26)13-28-22(27)19-14-29-21(24-19)17-8-10-18(23)11-9-17/h3-11,14-15H,12-13H2,1-2H3. The van der Waals surface area contributed by atoms with Gasteiger partial charge >= 0.3 is 5.97 Å². The van der Waals surface area contributed by atoms with Crippen LogP contribution in [0.5, 0.6) is 0 Å². The van der Waals surface area contributed by atoms with E-state index < -0.39 is 5.97 Å². The average molecular weight is 429 g/mol. The van der Waals surface area contributed by atoms with Crippen molar-refractivity contribution >= 4 is 34.8 Å². The van der Waals surface area contributed by atoms with Gasteiger partial charge in [-0.15, -0.1) is 11.3 Å². The molecule has 0 unspecified atom stereocenters. The molecule has 0 atom stereocenters. The summed E-state index contributed by atoms with van der Waals surface area (Å²) in [6, 6.07) is 16.9. The largest absolute Gasteiger partial charge is 0.451 e. The van der Waals surface area contributed by atoms with Gasteiger partial charge in [-0.2, -0.15) is 0 Å². The van der Waals surface area contributed by atoms with Gasteiger partial charge in [0.05, 0.1) is 0 Å². The number of amides is 1. The van der Waals surface area contributed by atoms with Crippen LogP contribution in [0.1, 0.15) is 29.9 Å². The van der Waals surface area contributed by atoms with Crippen LogP contribution in [0.4, 0.5) is 0 Å². The third-order valence-corrected chi connectivity index (χ3v) is 5.41. The number of hydrogen-bond acceptors (Lipinski definition) is 5. The van der Waals surface area contributed by atoms with Crippen LogP contribution in [0, 0.1) is 0 Å². The highest BCUT2D eigenvalue weighted by molar-refractivity contribution is 7.13. The van der Waals surface area contributed by atoms with Crippen LogP contribution < -0.4 is 0 Å². The highest BCUT2D eigenvalue weighted by Gasteiger charge is 2.20. The normalized spacial score (nSPS) is 10.8. The number of rotatable bonds is 7. The predicted octanol–water partition coefficient (Wildman–Crippen LogP) is 5.06. The van der Waals surface area contributed by atoms with Crippen molar-refractivity contribution in [3.8, 4) is 10.6 Å². The third kappa shape index (κ3) is 5.65. The molecule has 0 N–H and O–H groups in total. The Balaban J connectivity index is 1.60. The van der Waals surface area contributed by atoms with Crippen LogP contribution in [-0.4, -0.2) is 34.4 Å². The van der Waals surface area contributed by atoms with E-state index in [9.17, 15) is 9.59 Å². The molecular weight excluding hydrogens is 408 g/mol. The van der Waals surface area contributed by atoms with Crippen molar-refractivity contribution in [3.63, 3.8) is 0 Å². The fraction of sp³-hybridized carbons (Fsp3) is 0.227. The Morgan fingerprint density at radius 1 is 1.10 bits per heavy atom. The summed E-state index contributed by atoms with van der Waals surface area (Å²) in [6.45, 7) is 4.01. The van der Waals surface area contributed by atoms with Crippen molar-refractivity contribution < 1.29 is 14.3 Å². The smallest absolute Gasteiger partial charge is 0.358 e. The van der Waals surface area contributed by atoms with Gasteiger partial charge in [-0.05, 0) is 31.5 Å². The fourth-order valence-electron chi connectivity index (χ4n) is 2.72. The second-order valence-corrected chi connectivity index (χ2v) is 8.02. The minimum Gasteiger partial charge on any atom is -0.451 e. The molecule has 0 bridgehead atoms. The Morgan fingerprint density at radius 3 is 2.45 bits per heavy atom. The second kappa shape index (κ2) is 9.67. The van der Waals surface area contributed by atoms with Crippen LogP contribution in [0.15, 0.2) is 60.0 Å². The molecular formula is C22H21ClN2O3S. The molecule has 2 aromatic carbocycles. The molecule has 3 rings (SSSR count). The number of nitrogens with zero attached hydrogens (tertiary/aromatic N) is 2. The molecule has 1 aromatic heterocycles. The number of hydrogen-bond donors (Lipinski definition) is 0. The molecule has 0 fully saturated rings. The molecule has 0 aliphatic heterocycles. The van der Waals surface area contributed by atoms with E-state index in [0.717, 1.165) is 11.1 Å². The van der Waals surface area contributed by atoms with E-state index in [1.165, 1.54) is 11.3 Å². The number of carbonyl (C=O) groups excluding carboxylic acids is 2. The molecule has 0 radical (unpaired) electrons. The maximum atomic E-state index is 12.6. The van der Waals surface area contributed by atoms with Crippen molar-refractivity contribution in [1.29, 1.82) is 0 Å². The van der Waals surface area contributed by atoms with Crippen molar-refractivity contribution in [2.45, 2.75) is 26.4 Å². The Hall–Kier alpha value is -2.70. The molecule has 1 heterocycles. The van der Waals surface area contributed by atoms with E-state index in [1.807, 2.05) is 56.3 Å². The second-order valence-electron chi connectivity index (χ2n) is 6.72. The molecule has 3 aromatic rings. The minimum absolute atomic E-state index is 0.0165. The number of thiazole rings is 1. The van der Waals surface area contributed by atoms with Gasteiger partial charge in [0, 0.05) is 28.6 Å². The topological polar surface area (TPSA) is 59.5 Å². The Kier molecular flexibility index (Phi) is 7.01. The van der Waals surface area contributed by atoms with E-state index in [1.54, 1.807) is 22.4 Å². The van der Waals surface area contributed by atoms with Gasteiger partial charge in [0.15, 0.2) is 12.3 Å². The van der Waals surface area contributed by atoms with Crippen molar-refractivity contribution in [2.24, 2.45) is 0 Å². The molecule has 0 saturated carbocycles. The van der Waals surface area contributed by atoms with Gasteiger partial charge in [0.2, 0.25) is 0 Å². The van der Waals surface area contributed by atoms with Crippen LogP contribution in [-0.2, 0) is 16.1 Å². The zero-order valence-electron chi connectivity index (χ0n) is 16.2. The van der Waals surface area contributed by atoms with E-state index >= 15 is 0 Å². The lowest BCUT2D eigenvalue weighted by molar-refractivity contribution is -0.136. The summed E-state index contributed by atoms with van der Waals surface area (Å²) < 4.78 is 5.22. The third-order valence-electron chi connectivity index (χ3n) is 4.27. The van der Waals surface area contributed by atoms with Gasteiger partial charge in [-0.3, -0.25) is 4.79 Å². The van der Waals surface area contributed by atoms with Crippen LogP contribution in [0.25, 0.3) is 10.6 Å². The van der Waals surface area contributed by atoms with E-state index in [2.05, 4.69) is 4.98 Å². The Bertz CT molecular complexity index is 971. The lowest BCUT2D eigenvalue weighted by Crippen LogP contribution is -2.39. The number of esters is 1. The number of ether oxygens (including phenoxy) is 1. The summed E-state index contributed by atoms with van der Waals surface area (Å²) >= 11 is 7.23. The molecule has 150 valence electrons. The zero-order chi connectivity index (χ0) is 20.8. The lowest BCUT2D eigenvalue weighted by Gasteiger charge is -2.26. The fourth-order valence-corrected chi connectivity index (χ4v) is 3.64.